The minimum atomic E-state index is -3.69. The number of sulfonamides is 1. The highest BCUT2D eigenvalue weighted by Crippen LogP contribution is 2.24. The Hall–Kier alpha value is -1.22. The molecule has 1 saturated carbocycles. The molecule has 1 aliphatic carbocycles. The molecule has 1 N–H and O–H groups in total. The van der Waals surface area contributed by atoms with Gasteiger partial charge in [0.2, 0.25) is 4.80 Å². The van der Waals surface area contributed by atoms with E-state index in [2.05, 4.69) is 5.10 Å². The number of rotatable bonds is 4. The molecule has 0 amide bonds. The summed E-state index contributed by atoms with van der Waals surface area (Å²) in [6.07, 6.45) is 6.01. The van der Waals surface area contributed by atoms with Crippen LogP contribution in [0.4, 0.5) is 0 Å². The number of halogens is 1. The fourth-order valence-electron chi connectivity index (χ4n) is 2.79. The Morgan fingerprint density at radius 1 is 1.33 bits per heavy atom. The Labute approximate surface area is 150 Å². The van der Waals surface area contributed by atoms with Crippen molar-refractivity contribution in [2.24, 2.45) is 12.0 Å². The molecule has 0 unspecified atom stereocenters. The van der Waals surface area contributed by atoms with E-state index in [1.807, 2.05) is 17.4 Å². The van der Waals surface area contributed by atoms with Crippen molar-refractivity contribution in [2.45, 2.75) is 43.0 Å². The molecule has 0 radical (unpaired) electrons. The summed E-state index contributed by atoms with van der Waals surface area (Å²) in [5.74, 6) is 0. The second kappa shape index (κ2) is 7.35. The van der Waals surface area contributed by atoms with Gasteiger partial charge in [-0.25, -0.2) is 13.1 Å². The van der Waals surface area contributed by atoms with Crippen LogP contribution >= 0.6 is 23.1 Å². The minimum absolute atomic E-state index is 0.110. The lowest BCUT2D eigenvalue weighted by Gasteiger charge is -2.16. The maximum atomic E-state index is 11.8. The lowest BCUT2D eigenvalue weighted by Crippen LogP contribution is -2.18. The van der Waals surface area contributed by atoms with Gasteiger partial charge in [-0.2, -0.15) is 5.10 Å². The average Bonchev–Trinajstić information content (AvgIpc) is 2.97. The smallest absolute Gasteiger partial charge is 0.253 e. The van der Waals surface area contributed by atoms with E-state index in [1.165, 1.54) is 36.7 Å². The molecule has 1 aromatic carbocycles. The van der Waals surface area contributed by atoms with Crippen LogP contribution in [0, 0.1) is 0 Å². The predicted octanol–water partition coefficient (Wildman–Crippen LogP) is 2.81. The molecule has 1 aromatic heterocycles. The monoisotopic (exact) mass is 386 g/mol. The topological polar surface area (TPSA) is 76.3 Å². The van der Waals surface area contributed by atoms with Crippen molar-refractivity contribution in [1.29, 1.82) is 0 Å². The number of hydrogen-bond acceptors (Lipinski definition) is 5. The fraction of sp³-hybridized carbons (Fsp3) is 0.467. The molecule has 1 aliphatic rings. The normalized spacial score (nSPS) is 17.3. The SMILES string of the molecule is Cn1nc(-c2cccc(S(=O)(=O)NCl)c2)sc1=NC1CCCCC1. The van der Waals surface area contributed by atoms with E-state index in [0.717, 1.165) is 28.2 Å². The average molecular weight is 387 g/mol. The van der Waals surface area contributed by atoms with Crippen LogP contribution < -0.4 is 9.04 Å². The highest BCUT2D eigenvalue weighted by atomic mass is 35.5. The van der Waals surface area contributed by atoms with Gasteiger partial charge in [0.15, 0.2) is 0 Å². The summed E-state index contributed by atoms with van der Waals surface area (Å²) in [5.41, 5.74) is 0.730. The molecule has 0 spiro atoms. The Morgan fingerprint density at radius 2 is 2.08 bits per heavy atom. The third-order valence-corrected chi connectivity index (χ3v) is 6.82. The molecule has 9 heteroatoms. The zero-order valence-electron chi connectivity index (χ0n) is 13.3. The first-order valence-electron chi connectivity index (χ1n) is 7.80. The molecule has 2 aromatic rings. The second-order valence-electron chi connectivity index (χ2n) is 5.84. The summed E-state index contributed by atoms with van der Waals surface area (Å²) in [6.45, 7) is 0. The first-order chi connectivity index (χ1) is 11.5. The summed E-state index contributed by atoms with van der Waals surface area (Å²) < 4.78 is 27.2. The van der Waals surface area contributed by atoms with Gasteiger partial charge in [-0.05, 0) is 36.8 Å². The molecule has 6 nitrogen and oxygen atoms in total. The Balaban J connectivity index is 1.95. The molecular formula is C15H19ClN4O2S2. The molecule has 0 atom stereocenters. The van der Waals surface area contributed by atoms with Crippen LogP contribution in [0.1, 0.15) is 32.1 Å². The van der Waals surface area contributed by atoms with Gasteiger partial charge in [-0.1, -0.05) is 42.7 Å². The second-order valence-corrected chi connectivity index (χ2v) is 8.89. The summed E-state index contributed by atoms with van der Waals surface area (Å²) in [4.78, 5) is 5.79. The predicted molar refractivity (Wildman–Crippen MR) is 95.1 cm³/mol. The summed E-state index contributed by atoms with van der Waals surface area (Å²) in [7, 11) is -1.83. The number of nitrogens with one attached hydrogen (secondary N) is 1. The van der Waals surface area contributed by atoms with Crippen LogP contribution in [0.25, 0.3) is 10.6 Å². The molecule has 1 heterocycles. The standard InChI is InChI=1S/C15H19ClN4O2S2/c1-20-15(17-12-7-3-2-4-8-12)23-14(18-20)11-6-5-9-13(10-11)24(21,22)19-16/h5-6,9-10,12,19H,2-4,7-8H2,1H3. The van der Waals surface area contributed by atoms with Crippen molar-refractivity contribution in [2.75, 3.05) is 0 Å². The summed E-state index contributed by atoms with van der Waals surface area (Å²) in [5, 5.41) is 5.22. The van der Waals surface area contributed by atoms with Crippen molar-refractivity contribution in [1.82, 2.24) is 14.0 Å². The zero-order valence-corrected chi connectivity index (χ0v) is 15.7. The van der Waals surface area contributed by atoms with E-state index < -0.39 is 10.0 Å². The van der Waals surface area contributed by atoms with Gasteiger partial charge in [0, 0.05) is 12.6 Å². The number of hydrogen-bond donors (Lipinski definition) is 1. The highest BCUT2D eigenvalue weighted by Gasteiger charge is 2.16. The molecule has 0 bridgehead atoms. The fourth-order valence-corrected chi connectivity index (χ4v) is 4.64. The van der Waals surface area contributed by atoms with Gasteiger partial charge in [-0.15, -0.1) is 4.24 Å². The third kappa shape index (κ3) is 3.88. The highest BCUT2D eigenvalue weighted by molar-refractivity contribution is 7.90. The lowest BCUT2D eigenvalue weighted by molar-refractivity contribution is 0.434. The quantitative estimate of drug-likeness (QED) is 0.821. The number of nitrogens with zero attached hydrogens (tertiary/aromatic N) is 3. The van der Waals surface area contributed by atoms with Crippen molar-refractivity contribution in [3.05, 3.63) is 29.1 Å². The van der Waals surface area contributed by atoms with Crippen LogP contribution in [-0.2, 0) is 17.1 Å². The first-order valence-corrected chi connectivity index (χ1v) is 10.5. The molecule has 3 rings (SSSR count). The molecule has 0 aliphatic heterocycles. The Bertz CT molecular complexity index is 883. The Kier molecular flexibility index (Phi) is 5.39. The van der Waals surface area contributed by atoms with Crippen molar-refractivity contribution in [3.63, 3.8) is 0 Å². The van der Waals surface area contributed by atoms with E-state index in [1.54, 1.807) is 16.8 Å². The van der Waals surface area contributed by atoms with Crippen molar-refractivity contribution in [3.8, 4) is 10.6 Å². The molecule has 1 fully saturated rings. The molecule has 130 valence electrons. The van der Waals surface area contributed by atoms with Crippen molar-refractivity contribution >= 4 is 33.1 Å². The number of benzene rings is 1. The maximum Gasteiger partial charge on any atom is 0.253 e. The van der Waals surface area contributed by atoms with Gasteiger partial charge in [0.1, 0.15) is 5.01 Å². The van der Waals surface area contributed by atoms with E-state index in [9.17, 15) is 8.42 Å². The minimum Gasteiger partial charge on any atom is -0.254 e. The molecule has 24 heavy (non-hydrogen) atoms. The van der Waals surface area contributed by atoms with Gasteiger partial charge in [0.25, 0.3) is 10.0 Å². The van der Waals surface area contributed by atoms with E-state index >= 15 is 0 Å². The summed E-state index contributed by atoms with van der Waals surface area (Å²) >= 11 is 6.76. The van der Waals surface area contributed by atoms with Gasteiger partial charge in [0.05, 0.1) is 10.9 Å². The lowest BCUT2D eigenvalue weighted by atomic mass is 9.96. The first kappa shape index (κ1) is 17.6. The largest absolute Gasteiger partial charge is 0.254 e. The van der Waals surface area contributed by atoms with Crippen LogP contribution in [0.3, 0.4) is 0 Å². The van der Waals surface area contributed by atoms with Crippen LogP contribution in [0.2, 0.25) is 0 Å². The van der Waals surface area contributed by atoms with Crippen molar-refractivity contribution < 1.29 is 8.42 Å². The van der Waals surface area contributed by atoms with Crippen LogP contribution in [0.5, 0.6) is 0 Å². The van der Waals surface area contributed by atoms with Gasteiger partial charge < -0.3 is 0 Å². The van der Waals surface area contributed by atoms with Crippen LogP contribution in [-0.4, -0.2) is 24.2 Å². The van der Waals surface area contributed by atoms with Gasteiger partial charge in [-0.3, -0.25) is 4.99 Å². The third-order valence-electron chi connectivity index (χ3n) is 4.07. The van der Waals surface area contributed by atoms with Crippen LogP contribution in [0.15, 0.2) is 34.2 Å². The molecule has 0 saturated heterocycles. The molecular weight excluding hydrogens is 368 g/mol. The maximum absolute atomic E-state index is 11.8. The van der Waals surface area contributed by atoms with E-state index in [-0.39, 0.29) is 4.90 Å². The Morgan fingerprint density at radius 3 is 2.79 bits per heavy atom. The van der Waals surface area contributed by atoms with Gasteiger partial charge >= 0.3 is 0 Å². The zero-order chi connectivity index (χ0) is 17.2. The number of aromatic nitrogens is 2. The van der Waals surface area contributed by atoms with E-state index in [4.69, 9.17) is 16.8 Å². The number of aryl methyl sites for hydroxylation is 1. The van der Waals surface area contributed by atoms with E-state index in [0.29, 0.717) is 6.04 Å². The summed E-state index contributed by atoms with van der Waals surface area (Å²) in [6, 6.07) is 6.93.